The van der Waals surface area contributed by atoms with Gasteiger partial charge in [0.15, 0.2) is 0 Å². The fourth-order valence-corrected chi connectivity index (χ4v) is 2.72. The molecule has 1 aromatic heterocycles. The molecule has 0 aliphatic carbocycles. The molecule has 0 spiro atoms. The molecule has 0 amide bonds. The van der Waals surface area contributed by atoms with Gasteiger partial charge in [0.1, 0.15) is 0 Å². The molecular weight excluding hydrogens is 248 g/mol. The molecule has 0 fully saturated rings. The minimum atomic E-state index is 0.0796. The van der Waals surface area contributed by atoms with Crippen molar-refractivity contribution in [2.45, 2.75) is 46.7 Å². The van der Waals surface area contributed by atoms with Crippen LogP contribution in [0.2, 0.25) is 0 Å². The van der Waals surface area contributed by atoms with Gasteiger partial charge in [-0.15, -0.1) is 0 Å². The number of aryl methyl sites for hydroxylation is 4. The zero-order chi connectivity index (χ0) is 14.7. The molecule has 4 nitrogen and oxygen atoms in total. The lowest BCUT2D eigenvalue weighted by Crippen LogP contribution is -2.31. The maximum Gasteiger partial charge on any atom is 0.0669 e. The third-order valence-corrected chi connectivity index (χ3v) is 3.84. The maximum atomic E-state index is 5.79. The first-order valence-corrected chi connectivity index (χ1v) is 7.12. The van der Waals surface area contributed by atoms with Gasteiger partial charge >= 0.3 is 0 Å². The van der Waals surface area contributed by atoms with Crippen LogP contribution in [0.4, 0.5) is 0 Å². The molecule has 0 saturated carbocycles. The van der Waals surface area contributed by atoms with Crippen LogP contribution in [0.15, 0.2) is 24.3 Å². The molecule has 0 aliphatic heterocycles. The summed E-state index contributed by atoms with van der Waals surface area (Å²) < 4.78 is 2.02. The van der Waals surface area contributed by atoms with Gasteiger partial charge in [0.25, 0.3) is 0 Å². The van der Waals surface area contributed by atoms with Gasteiger partial charge in [-0.3, -0.25) is 16.0 Å². The van der Waals surface area contributed by atoms with Crippen molar-refractivity contribution in [3.05, 3.63) is 52.3 Å². The largest absolute Gasteiger partial charge is 0.271 e. The Labute approximate surface area is 121 Å². The van der Waals surface area contributed by atoms with Crippen molar-refractivity contribution in [2.75, 3.05) is 0 Å². The number of nitrogens with one attached hydrogen (secondary N) is 1. The highest BCUT2D eigenvalue weighted by Gasteiger charge is 2.18. The molecule has 2 rings (SSSR count). The van der Waals surface area contributed by atoms with E-state index in [1.54, 1.807) is 0 Å². The Bertz CT molecular complexity index is 566. The third-order valence-electron chi connectivity index (χ3n) is 3.84. The molecule has 108 valence electrons. The van der Waals surface area contributed by atoms with Crippen molar-refractivity contribution in [3.63, 3.8) is 0 Å². The Morgan fingerprint density at radius 1 is 1.25 bits per heavy atom. The van der Waals surface area contributed by atoms with Gasteiger partial charge in [0.05, 0.1) is 17.4 Å². The molecule has 1 atom stereocenters. The number of nitrogens with two attached hydrogens (primary N) is 1. The lowest BCUT2D eigenvalue weighted by Gasteiger charge is -2.19. The minimum absolute atomic E-state index is 0.0796. The average molecular weight is 272 g/mol. The zero-order valence-electron chi connectivity index (χ0n) is 12.8. The lowest BCUT2D eigenvalue weighted by atomic mass is 9.95. The standard InChI is InChI=1S/C16H24N4/c1-5-20-16(9-13(4)19-20)15(18-17)10-14-11(2)7-6-8-12(14)3/h6-9,15,18H,5,10,17H2,1-4H3. The molecule has 1 unspecified atom stereocenters. The Morgan fingerprint density at radius 3 is 2.45 bits per heavy atom. The normalized spacial score (nSPS) is 12.7. The van der Waals surface area contributed by atoms with Crippen LogP contribution in [0.5, 0.6) is 0 Å². The number of hydrazine groups is 1. The fraction of sp³-hybridized carbons (Fsp3) is 0.438. The van der Waals surface area contributed by atoms with E-state index in [-0.39, 0.29) is 6.04 Å². The van der Waals surface area contributed by atoms with Crippen LogP contribution in [0, 0.1) is 20.8 Å². The molecule has 0 saturated heterocycles. The predicted molar refractivity (Wildman–Crippen MR) is 82.3 cm³/mol. The van der Waals surface area contributed by atoms with Crippen molar-refractivity contribution >= 4 is 0 Å². The zero-order valence-corrected chi connectivity index (χ0v) is 12.8. The van der Waals surface area contributed by atoms with Crippen molar-refractivity contribution in [2.24, 2.45) is 5.84 Å². The van der Waals surface area contributed by atoms with Crippen LogP contribution >= 0.6 is 0 Å². The highest BCUT2D eigenvalue weighted by atomic mass is 15.3. The van der Waals surface area contributed by atoms with Crippen LogP contribution in [-0.2, 0) is 13.0 Å². The van der Waals surface area contributed by atoms with Gasteiger partial charge in [0.2, 0.25) is 0 Å². The first-order valence-electron chi connectivity index (χ1n) is 7.12. The maximum absolute atomic E-state index is 5.79. The molecular formula is C16H24N4. The molecule has 1 heterocycles. The summed E-state index contributed by atoms with van der Waals surface area (Å²) in [5.74, 6) is 5.79. The molecule has 20 heavy (non-hydrogen) atoms. The second-order valence-corrected chi connectivity index (χ2v) is 5.32. The minimum Gasteiger partial charge on any atom is -0.271 e. The summed E-state index contributed by atoms with van der Waals surface area (Å²) in [5, 5.41) is 4.51. The smallest absolute Gasteiger partial charge is 0.0669 e. The van der Waals surface area contributed by atoms with Crippen LogP contribution in [-0.4, -0.2) is 9.78 Å². The summed E-state index contributed by atoms with van der Waals surface area (Å²) >= 11 is 0. The average Bonchev–Trinajstić information content (AvgIpc) is 2.80. The third kappa shape index (κ3) is 2.92. The molecule has 1 aromatic carbocycles. The van der Waals surface area contributed by atoms with Crippen LogP contribution in [0.1, 0.15) is 41.0 Å². The Balaban J connectivity index is 2.33. The second kappa shape index (κ2) is 6.20. The summed E-state index contributed by atoms with van der Waals surface area (Å²) in [5.41, 5.74) is 9.11. The van der Waals surface area contributed by atoms with Crippen LogP contribution in [0.25, 0.3) is 0 Å². The van der Waals surface area contributed by atoms with Crippen molar-refractivity contribution in [1.82, 2.24) is 15.2 Å². The van der Waals surface area contributed by atoms with Crippen LogP contribution in [0.3, 0.4) is 0 Å². The number of hydrogen-bond donors (Lipinski definition) is 2. The van der Waals surface area contributed by atoms with E-state index in [2.05, 4.69) is 55.6 Å². The van der Waals surface area contributed by atoms with Gasteiger partial charge in [0, 0.05) is 6.54 Å². The summed E-state index contributed by atoms with van der Waals surface area (Å²) in [7, 11) is 0. The summed E-state index contributed by atoms with van der Waals surface area (Å²) in [6.45, 7) is 9.27. The highest BCUT2D eigenvalue weighted by molar-refractivity contribution is 5.35. The van der Waals surface area contributed by atoms with Gasteiger partial charge in [-0.05, 0) is 56.9 Å². The first kappa shape index (κ1) is 14.8. The lowest BCUT2D eigenvalue weighted by molar-refractivity contribution is 0.489. The number of rotatable bonds is 5. The van der Waals surface area contributed by atoms with E-state index in [1.165, 1.54) is 16.7 Å². The summed E-state index contributed by atoms with van der Waals surface area (Å²) in [6.07, 6.45) is 0.875. The Hall–Kier alpha value is -1.65. The molecule has 0 aliphatic rings. The number of aromatic nitrogens is 2. The van der Waals surface area contributed by atoms with E-state index in [9.17, 15) is 0 Å². The van der Waals surface area contributed by atoms with E-state index in [1.807, 2.05) is 11.6 Å². The van der Waals surface area contributed by atoms with Gasteiger partial charge < -0.3 is 0 Å². The van der Waals surface area contributed by atoms with Crippen molar-refractivity contribution < 1.29 is 0 Å². The molecule has 3 N–H and O–H groups in total. The molecule has 2 aromatic rings. The van der Waals surface area contributed by atoms with Crippen LogP contribution < -0.4 is 11.3 Å². The quantitative estimate of drug-likeness (QED) is 0.650. The number of hydrogen-bond acceptors (Lipinski definition) is 3. The van der Waals surface area contributed by atoms with E-state index in [0.29, 0.717) is 0 Å². The Morgan fingerprint density at radius 2 is 1.90 bits per heavy atom. The highest BCUT2D eigenvalue weighted by Crippen LogP contribution is 2.23. The van der Waals surface area contributed by atoms with E-state index < -0.39 is 0 Å². The van der Waals surface area contributed by atoms with E-state index in [4.69, 9.17) is 5.84 Å². The topological polar surface area (TPSA) is 55.9 Å². The van der Waals surface area contributed by atoms with E-state index >= 15 is 0 Å². The van der Waals surface area contributed by atoms with Gasteiger partial charge in [-0.1, -0.05) is 18.2 Å². The van der Waals surface area contributed by atoms with Gasteiger partial charge in [-0.25, -0.2) is 0 Å². The molecule has 0 bridgehead atoms. The number of benzene rings is 1. The summed E-state index contributed by atoms with van der Waals surface area (Å²) in [6, 6.07) is 8.59. The van der Waals surface area contributed by atoms with Crippen molar-refractivity contribution in [1.29, 1.82) is 0 Å². The Kier molecular flexibility index (Phi) is 4.57. The van der Waals surface area contributed by atoms with Gasteiger partial charge in [-0.2, -0.15) is 5.10 Å². The SMILES string of the molecule is CCn1nc(C)cc1C(Cc1c(C)cccc1C)NN. The first-order chi connectivity index (χ1) is 9.56. The predicted octanol–water partition coefficient (Wildman–Crippen LogP) is 2.58. The van der Waals surface area contributed by atoms with E-state index in [0.717, 1.165) is 24.4 Å². The molecule has 4 heteroatoms. The molecule has 0 radical (unpaired) electrons. The monoisotopic (exact) mass is 272 g/mol. The second-order valence-electron chi connectivity index (χ2n) is 5.32. The number of nitrogens with zero attached hydrogens (tertiary/aromatic N) is 2. The summed E-state index contributed by atoms with van der Waals surface area (Å²) in [4.78, 5) is 0. The fourth-order valence-electron chi connectivity index (χ4n) is 2.72. The van der Waals surface area contributed by atoms with Crippen molar-refractivity contribution in [3.8, 4) is 0 Å².